The van der Waals surface area contributed by atoms with Gasteiger partial charge in [0.05, 0.1) is 5.56 Å². The fourth-order valence-electron chi connectivity index (χ4n) is 4.68. The molecule has 0 aromatic heterocycles. The second-order valence-electron chi connectivity index (χ2n) is 8.39. The van der Waals surface area contributed by atoms with Crippen molar-refractivity contribution >= 4 is 11.8 Å². The number of rotatable bonds is 5. The molecule has 27 heavy (non-hydrogen) atoms. The smallest absolute Gasteiger partial charge is 0.254 e. The van der Waals surface area contributed by atoms with Crippen LogP contribution in [-0.4, -0.2) is 29.9 Å². The number of amides is 2. The minimum absolute atomic E-state index is 0.0449. The van der Waals surface area contributed by atoms with Gasteiger partial charge in [-0.1, -0.05) is 32.4 Å². The van der Waals surface area contributed by atoms with Crippen molar-refractivity contribution in [2.24, 2.45) is 23.5 Å². The number of fused-ring (bicyclic) bond motifs is 2. The standard InChI is InChI=1S/C21H30FN3O2/c1-12(2)18(24-20(26)16-8-3-4-9-17(16)22)21(27)25-19-13-6-5-7-14(19)11-15(23)10-13/h3-4,8-9,12-15,18-19H,5-7,10-11,23H2,1-2H3,(H,24,26)(H,25,27). The monoisotopic (exact) mass is 375 g/mol. The number of hydrogen-bond donors (Lipinski definition) is 3. The molecule has 2 bridgehead atoms. The Morgan fingerprint density at radius 3 is 2.37 bits per heavy atom. The highest BCUT2D eigenvalue weighted by atomic mass is 19.1. The van der Waals surface area contributed by atoms with Crippen LogP contribution in [0.15, 0.2) is 24.3 Å². The van der Waals surface area contributed by atoms with Crippen LogP contribution in [0, 0.1) is 23.6 Å². The summed E-state index contributed by atoms with van der Waals surface area (Å²) in [6.45, 7) is 3.76. The van der Waals surface area contributed by atoms with E-state index in [2.05, 4.69) is 10.6 Å². The molecule has 2 aliphatic rings. The Bertz CT molecular complexity index is 680. The van der Waals surface area contributed by atoms with Gasteiger partial charge < -0.3 is 16.4 Å². The number of benzene rings is 1. The molecular formula is C21H30FN3O2. The van der Waals surface area contributed by atoms with Crippen LogP contribution in [0.3, 0.4) is 0 Å². The predicted octanol–water partition coefficient (Wildman–Crippen LogP) is 2.60. The Morgan fingerprint density at radius 2 is 1.78 bits per heavy atom. The second-order valence-corrected chi connectivity index (χ2v) is 8.39. The van der Waals surface area contributed by atoms with Gasteiger partial charge in [-0.05, 0) is 55.6 Å². The van der Waals surface area contributed by atoms with Crippen LogP contribution in [0.4, 0.5) is 4.39 Å². The lowest BCUT2D eigenvalue weighted by atomic mass is 9.67. The maximum absolute atomic E-state index is 13.9. The lowest BCUT2D eigenvalue weighted by Gasteiger charge is -2.45. The Labute approximate surface area is 160 Å². The minimum Gasteiger partial charge on any atom is -0.351 e. The average molecular weight is 375 g/mol. The summed E-state index contributed by atoms with van der Waals surface area (Å²) in [5, 5.41) is 5.91. The van der Waals surface area contributed by atoms with Crippen molar-refractivity contribution < 1.29 is 14.0 Å². The van der Waals surface area contributed by atoms with Crippen LogP contribution in [0.5, 0.6) is 0 Å². The van der Waals surface area contributed by atoms with Crippen LogP contribution >= 0.6 is 0 Å². The Hall–Kier alpha value is -1.95. The molecule has 2 fully saturated rings. The topological polar surface area (TPSA) is 84.2 Å². The third-order valence-corrected chi connectivity index (χ3v) is 6.04. The van der Waals surface area contributed by atoms with Crippen molar-refractivity contribution in [2.75, 3.05) is 0 Å². The predicted molar refractivity (Wildman–Crippen MR) is 102 cm³/mol. The Kier molecular flexibility index (Phi) is 6.15. The van der Waals surface area contributed by atoms with E-state index in [0.717, 1.165) is 25.7 Å². The highest BCUT2D eigenvalue weighted by Gasteiger charge is 2.41. The minimum atomic E-state index is -0.701. The maximum atomic E-state index is 13.9. The third-order valence-electron chi connectivity index (χ3n) is 6.04. The first-order valence-corrected chi connectivity index (χ1v) is 9.98. The molecule has 148 valence electrons. The van der Waals surface area contributed by atoms with Gasteiger partial charge in [-0.3, -0.25) is 9.59 Å². The quantitative estimate of drug-likeness (QED) is 0.740. The summed E-state index contributed by atoms with van der Waals surface area (Å²) < 4.78 is 13.9. The van der Waals surface area contributed by atoms with E-state index in [-0.39, 0.29) is 29.5 Å². The van der Waals surface area contributed by atoms with E-state index in [1.807, 2.05) is 13.8 Å². The Balaban J connectivity index is 1.69. The van der Waals surface area contributed by atoms with E-state index in [9.17, 15) is 14.0 Å². The van der Waals surface area contributed by atoms with Gasteiger partial charge in [-0.15, -0.1) is 0 Å². The zero-order valence-corrected chi connectivity index (χ0v) is 16.1. The molecule has 0 spiro atoms. The van der Waals surface area contributed by atoms with Crippen LogP contribution in [0.1, 0.15) is 56.3 Å². The number of carbonyl (C=O) groups excluding carboxylic acids is 2. The molecule has 1 aromatic rings. The van der Waals surface area contributed by atoms with Crippen LogP contribution in [0.2, 0.25) is 0 Å². The average Bonchev–Trinajstić information content (AvgIpc) is 2.60. The second kappa shape index (κ2) is 8.38. The molecule has 2 amide bonds. The zero-order valence-electron chi connectivity index (χ0n) is 16.1. The normalized spacial score (nSPS) is 28.5. The Morgan fingerprint density at radius 1 is 1.15 bits per heavy atom. The van der Waals surface area contributed by atoms with Crippen molar-refractivity contribution in [1.82, 2.24) is 10.6 Å². The van der Waals surface area contributed by atoms with E-state index in [0.29, 0.717) is 11.8 Å². The molecule has 2 aliphatic carbocycles. The van der Waals surface area contributed by atoms with E-state index >= 15 is 0 Å². The largest absolute Gasteiger partial charge is 0.351 e. The SMILES string of the molecule is CC(C)C(NC(=O)c1ccccc1F)C(=O)NC1C2CCCC1CC(N)C2. The molecule has 4 N–H and O–H groups in total. The maximum Gasteiger partial charge on any atom is 0.254 e. The lowest BCUT2D eigenvalue weighted by Crippen LogP contribution is -2.58. The van der Waals surface area contributed by atoms with Crippen molar-refractivity contribution in [3.05, 3.63) is 35.6 Å². The van der Waals surface area contributed by atoms with Crippen LogP contribution in [0.25, 0.3) is 0 Å². The highest BCUT2D eigenvalue weighted by molar-refractivity contribution is 5.97. The molecular weight excluding hydrogens is 345 g/mol. The van der Waals surface area contributed by atoms with Crippen molar-refractivity contribution in [2.45, 2.75) is 64.1 Å². The molecule has 0 heterocycles. The van der Waals surface area contributed by atoms with Crippen molar-refractivity contribution in [1.29, 1.82) is 0 Å². The van der Waals surface area contributed by atoms with Gasteiger partial charge >= 0.3 is 0 Å². The number of hydrogen-bond acceptors (Lipinski definition) is 3. The molecule has 6 heteroatoms. The van der Waals surface area contributed by atoms with Gasteiger partial charge in [0, 0.05) is 12.1 Å². The molecule has 3 unspecified atom stereocenters. The van der Waals surface area contributed by atoms with Crippen molar-refractivity contribution in [3.8, 4) is 0 Å². The molecule has 0 aliphatic heterocycles. The fraction of sp³-hybridized carbons (Fsp3) is 0.619. The van der Waals surface area contributed by atoms with Gasteiger partial charge in [0.1, 0.15) is 11.9 Å². The summed E-state index contributed by atoms with van der Waals surface area (Å²) in [7, 11) is 0. The first kappa shape index (κ1) is 19.8. The van der Waals surface area contributed by atoms with Crippen molar-refractivity contribution in [3.63, 3.8) is 0 Å². The van der Waals surface area contributed by atoms with Gasteiger partial charge in [0.25, 0.3) is 5.91 Å². The molecule has 5 nitrogen and oxygen atoms in total. The summed E-state index contributed by atoms with van der Waals surface area (Å²) >= 11 is 0. The molecule has 0 radical (unpaired) electrons. The van der Waals surface area contributed by atoms with E-state index in [4.69, 9.17) is 5.73 Å². The fourth-order valence-corrected chi connectivity index (χ4v) is 4.68. The first-order valence-electron chi connectivity index (χ1n) is 9.98. The number of halogens is 1. The van der Waals surface area contributed by atoms with E-state index < -0.39 is 17.8 Å². The van der Waals surface area contributed by atoms with Gasteiger partial charge in [0.2, 0.25) is 5.91 Å². The number of nitrogens with two attached hydrogens (primary N) is 1. The number of nitrogens with one attached hydrogen (secondary N) is 2. The molecule has 0 saturated heterocycles. The molecule has 3 atom stereocenters. The summed E-state index contributed by atoms with van der Waals surface area (Å²) in [4.78, 5) is 25.4. The van der Waals surface area contributed by atoms with Crippen LogP contribution < -0.4 is 16.4 Å². The summed E-state index contributed by atoms with van der Waals surface area (Å²) in [6, 6.07) is 5.44. The summed E-state index contributed by atoms with van der Waals surface area (Å²) in [5.41, 5.74) is 6.12. The highest BCUT2D eigenvalue weighted by Crippen LogP contribution is 2.39. The van der Waals surface area contributed by atoms with Gasteiger partial charge in [0.15, 0.2) is 0 Å². The molecule has 3 rings (SSSR count). The lowest BCUT2D eigenvalue weighted by molar-refractivity contribution is -0.126. The van der Waals surface area contributed by atoms with Crippen LogP contribution in [-0.2, 0) is 4.79 Å². The number of carbonyl (C=O) groups is 2. The third kappa shape index (κ3) is 4.49. The summed E-state index contributed by atoms with van der Waals surface area (Å²) in [5.74, 6) is -0.627. The van der Waals surface area contributed by atoms with Gasteiger partial charge in [-0.25, -0.2) is 4.39 Å². The summed E-state index contributed by atoms with van der Waals surface area (Å²) in [6.07, 6.45) is 5.24. The van der Waals surface area contributed by atoms with E-state index in [1.54, 1.807) is 6.07 Å². The van der Waals surface area contributed by atoms with E-state index in [1.165, 1.54) is 24.6 Å². The first-order chi connectivity index (χ1) is 12.9. The molecule has 1 aromatic carbocycles. The zero-order chi connectivity index (χ0) is 19.6. The molecule has 2 saturated carbocycles. The van der Waals surface area contributed by atoms with Gasteiger partial charge in [-0.2, -0.15) is 0 Å².